The number of nitrogens with one attached hydrogen (secondary N) is 1. The minimum atomic E-state index is 0.827. The summed E-state index contributed by atoms with van der Waals surface area (Å²) in [7, 11) is 0.827. The zero-order chi connectivity index (χ0) is 13.4. The first-order valence-corrected chi connectivity index (χ1v) is 7.81. The van der Waals surface area contributed by atoms with Gasteiger partial charge in [0.05, 0.1) is 0 Å². The zero-order valence-corrected chi connectivity index (χ0v) is 12.7. The summed E-state index contributed by atoms with van der Waals surface area (Å²) in [5.74, 6) is 0. The van der Waals surface area contributed by atoms with Crippen LogP contribution in [0, 0.1) is 5.41 Å². The van der Waals surface area contributed by atoms with Crippen molar-refractivity contribution in [2.45, 2.75) is 46.5 Å². The van der Waals surface area contributed by atoms with Gasteiger partial charge in [-0.25, -0.2) is 0 Å². The van der Waals surface area contributed by atoms with Gasteiger partial charge in [-0.3, -0.25) is 0 Å². The van der Waals surface area contributed by atoms with E-state index in [2.05, 4.69) is 32.9 Å². The Labute approximate surface area is 113 Å². The normalized spacial score (nSPS) is 12.7. The summed E-state index contributed by atoms with van der Waals surface area (Å²) >= 11 is 0. The van der Waals surface area contributed by atoms with Crippen LogP contribution < -0.4 is 0 Å². The van der Waals surface area contributed by atoms with E-state index in [1.54, 1.807) is 16.9 Å². The van der Waals surface area contributed by atoms with Crippen LogP contribution in [0.1, 0.15) is 49.8 Å². The number of hydrogen-bond acceptors (Lipinski definition) is 1. The number of rotatable bonds is 7. The van der Waals surface area contributed by atoms with Gasteiger partial charge in [0.15, 0.2) is 0 Å². The molecule has 0 aromatic carbocycles. The molecule has 2 heteroatoms. The highest BCUT2D eigenvalue weighted by atomic mass is 31.0. The van der Waals surface area contributed by atoms with Gasteiger partial charge < -0.3 is 5.41 Å². The van der Waals surface area contributed by atoms with Crippen LogP contribution in [0.5, 0.6) is 0 Å². The minimum absolute atomic E-state index is 0.827. The Hall–Kier alpha value is -1.07. The lowest BCUT2D eigenvalue weighted by molar-refractivity contribution is 0.791. The Morgan fingerprint density at radius 3 is 2.72 bits per heavy atom. The Balaban J connectivity index is 2.98. The lowest BCUT2D eigenvalue weighted by Gasteiger charge is -1.99. The molecule has 0 aliphatic carbocycles. The lowest BCUT2D eigenvalue weighted by atomic mass is 10.1. The van der Waals surface area contributed by atoms with Crippen molar-refractivity contribution in [2.75, 3.05) is 0 Å². The molecule has 0 fully saturated rings. The maximum Gasteiger partial charge on any atom is 0.0177 e. The molecule has 1 aromatic rings. The Morgan fingerprint density at radius 1 is 1.39 bits per heavy atom. The molecule has 0 saturated carbocycles. The van der Waals surface area contributed by atoms with E-state index >= 15 is 0 Å². The van der Waals surface area contributed by atoms with Crippen LogP contribution >= 0.6 is 8.19 Å². The number of unbranched alkanes of at least 4 members (excludes halogenated alkanes) is 1. The molecule has 0 radical (unpaired) electrons. The number of hydrogen-bond donors (Lipinski definition) is 1. The molecular weight excluding hydrogens is 237 g/mol. The molecular formula is C16H24NP. The van der Waals surface area contributed by atoms with Gasteiger partial charge in [-0.15, -0.1) is 8.19 Å². The second kappa shape index (κ2) is 8.11. The molecule has 1 atom stereocenters. The summed E-state index contributed by atoms with van der Waals surface area (Å²) in [6, 6.07) is 2.39. The first-order valence-electron chi connectivity index (χ1n) is 6.81. The van der Waals surface area contributed by atoms with E-state index in [1.165, 1.54) is 42.8 Å². The Kier molecular flexibility index (Phi) is 6.75. The largest absolute Gasteiger partial charge is 0.309 e. The van der Waals surface area contributed by atoms with Crippen LogP contribution in [-0.4, -0.2) is 6.21 Å². The van der Waals surface area contributed by atoms with Gasteiger partial charge in [-0.2, -0.15) is 0 Å². The van der Waals surface area contributed by atoms with Crippen molar-refractivity contribution >= 4 is 20.0 Å². The maximum absolute atomic E-state index is 7.08. The molecule has 1 rings (SSSR count). The second-order valence-electron chi connectivity index (χ2n) is 4.41. The summed E-state index contributed by atoms with van der Waals surface area (Å²) in [5, 5.41) is 10.2. The van der Waals surface area contributed by atoms with Gasteiger partial charge in [-0.05, 0) is 60.1 Å². The van der Waals surface area contributed by atoms with E-state index in [9.17, 15) is 0 Å². The maximum atomic E-state index is 7.08. The van der Waals surface area contributed by atoms with E-state index in [0.29, 0.717) is 0 Å². The average molecular weight is 261 g/mol. The van der Waals surface area contributed by atoms with E-state index in [1.807, 2.05) is 6.08 Å². The fraction of sp³-hybridized carbons (Fsp3) is 0.438. The van der Waals surface area contributed by atoms with Crippen LogP contribution in [0.3, 0.4) is 0 Å². The third-order valence-corrected chi connectivity index (χ3v) is 4.82. The van der Waals surface area contributed by atoms with Gasteiger partial charge in [0.25, 0.3) is 0 Å². The van der Waals surface area contributed by atoms with Crippen molar-refractivity contribution in [3.8, 4) is 0 Å². The molecule has 0 saturated heterocycles. The predicted octanol–water partition coefficient (Wildman–Crippen LogP) is 5.23. The van der Waals surface area contributed by atoms with Gasteiger partial charge >= 0.3 is 0 Å². The highest BCUT2D eigenvalue weighted by Gasteiger charge is 2.07. The monoisotopic (exact) mass is 261 g/mol. The van der Waals surface area contributed by atoms with E-state index in [-0.39, 0.29) is 0 Å². The summed E-state index contributed by atoms with van der Waals surface area (Å²) in [6.07, 6.45) is 12.3. The summed E-state index contributed by atoms with van der Waals surface area (Å²) in [4.78, 5) is 0. The first-order chi connectivity index (χ1) is 8.76. The molecule has 1 nitrogen and oxygen atoms in total. The van der Waals surface area contributed by atoms with Crippen molar-refractivity contribution in [3.05, 3.63) is 40.4 Å². The fourth-order valence-corrected chi connectivity index (χ4v) is 3.57. The highest BCUT2D eigenvalue weighted by molar-refractivity contribution is 7.33. The van der Waals surface area contributed by atoms with Gasteiger partial charge in [0, 0.05) is 6.21 Å². The van der Waals surface area contributed by atoms with Crippen LogP contribution in [0.15, 0.2) is 24.3 Å². The van der Waals surface area contributed by atoms with E-state index in [0.717, 1.165) is 8.19 Å². The SMILES string of the molecule is C/C=C(/C=C\C=N)c1cc(CCCC)c(CC)[pH]1. The number of allylic oxidation sites excluding steroid dienone is 4. The molecule has 1 N–H and O–H groups in total. The third kappa shape index (κ3) is 3.99. The molecule has 1 heterocycles. The molecule has 18 heavy (non-hydrogen) atoms. The molecule has 0 spiro atoms. The van der Waals surface area contributed by atoms with E-state index < -0.39 is 0 Å². The summed E-state index contributed by atoms with van der Waals surface area (Å²) in [6.45, 7) is 6.58. The molecule has 0 aliphatic heterocycles. The molecule has 0 aliphatic rings. The smallest absolute Gasteiger partial charge is 0.0177 e. The van der Waals surface area contributed by atoms with Crippen LogP contribution in [-0.2, 0) is 12.8 Å². The summed E-state index contributed by atoms with van der Waals surface area (Å²) in [5.41, 5.74) is 2.84. The summed E-state index contributed by atoms with van der Waals surface area (Å²) < 4.78 is 0. The van der Waals surface area contributed by atoms with Crippen molar-refractivity contribution < 1.29 is 0 Å². The molecule has 98 valence electrons. The molecule has 0 bridgehead atoms. The number of aryl methyl sites for hydroxylation is 2. The van der Waals surface area contributed by atoms with Crippen molar-refractivity contribution in [3.63, 3.8) is 0 Å². The molecule has 0 amide bonds. The second-order valence-corrected chi connectivity index (χ2v) is 5.81. The zero-order valence-electron chi connectivity index (χ0n) is 11.7. The molecule has 1 aromatic heterocycles. The predicted molar refractivity (Wildman–Crippen MR) is 85.5 cm³/mol. The quantitative estimate of drug-likeness (QED) is 0.513. The van der Waals surface area contributed by atoms with Crippen LogP contribution in [0.2, 0.25) is 0 Å². The standard InChI is InChI=1S/C16H24NP/c1-4-7-9-14-12-16(18-15(14)6-3)13(5-2)10-8-11-17/h5,8,10-12,17-18H,4,6-7,9H2,1-3H3/b10-8-,13-5-,17-11?. The third-order valence-electron chi connectivity index (χ3n) is 3.14. The fourth-order valence-electron chi connectivity index (χ4n) is 2.09. The van der Waals surface area contributed by atoms with Crippen molar-refractivity contribution in [1.29, 1.82) is 5.41 Å². The van der Waals surface area contributed by atoms with Gasteiger partial charge in [-0.1, -0.05) is 32.4 Å². The van der Waals surface area contributed by atoms with E-state index in [4.69, 9.17) is 5.41 Å². The lowest BCUT2D eigenvalue weighted by Crippen LogP contribution is -1.85. The highest BCUT2D eigenvalue weighted by Crippen LogP contribution is 2.34. The average Bonchev–Trinajstić information content (AvgIpc) is 2.80. The molecule has 1 unspecified atom stereocenters. The Bertz CT molecular complexity index is 438. The van der Waals surface area contributed by atoms with Gasteiger partial charge in [0.1, 0.15) is 0 Å². The van der Waals surface area contributed by atoms with Crippen molar-refractivity contribution in [2.24, 2.45) is 0 Å². The minimum Gasteiger partial charge on any atom is -0.309 e. The van der Waals surface area contributed by atoms with Gasteiger partial charge in [0.2, 0.25) is 0 Å². The Morgan fingerprint density at radius 2 is 2.17 bits per heavy atom. The first kappa shape index (κ1) is 15.0. The van der Waals surface area contributed by atoms with Crippen LogP contribution in [0.4, 0.5) is 0 Å². The van der Waals surface area contributed by atoms with Crippen LogP contribution in [0.25, 0.3) is 5.57 Å². The van der Waals surface area contributed by atoms with Crippen molar-refractivity contribution in [1.82, 2.24) is 0 Å². The topological polar surface area (TPSA) is 23.9 Å².